The molecule has 1 heterocycles. The molecule has 1 nitrogen and oxygen atoms in total. The minimum absolute atomic E-state index is 0.281. The summed E-state index contributed by atoms with van der Waals surface area (Å²) >= 11 is 1.53. The maximum Gasteiger partial charge on any atom is 0.126 e. The van der Waals surface area contributed by atoms with E-state index < -0.39 is 5.60 Å². The molecular formula is C14H15FOS. The lowest BCUT2D eigenvalue weighted by Gasteiger charge is -2.22. The van der Waals surface area contributed by atoms with Crippen molar-refractivity contribution in [3.05, 3.63) is 57.0 Å². The molecule has 0 fully saturated rings. The summed E-state index contributed by atoms with van der Waals surface area (Å²) in [5.74, 6) is -0.281. The van der Waals surface area contributed by atoms with E-state index in [9.17, 15) is 9.50 Å². The van der Waals surface area contributed by atoms with Crippen LogP contribution in [0, 0.1) is 19.7 Å². The van der Waals surface area contributed by atoms with Gasteiger partial charge in [-0.15, -0.1) is 11.3 Å². The lowest BCUT2D eigenvalue weighted by Crippen LogP contribution is -2.21. The van der Waals surface area contributed by atoms with Gasteiger partial charge in [0.1, 0.15) is 11.4 Å². The van der Waals surface area contributed by atoms with Crippen LogP contribution in [0.5, 0.6) is 0 Å². The second-order valence-electron chi connectivity index (χ2n) is 4.45. The number of aliphatic hydroxyl groups is 1. The van der Waals surface area contributed by atoms with Crippen LogP contribution < -0.4 is 0 Å². The largest absolute Gasteiger partial charge is 0.380 e. The van der Waals surface area contributed by atoms with Gasteiger partial charge < -0.3 is 5.11 Å². The molecule has 3 heteroatoms. The van der Waals surface area contributed by atoms with Crippen molar-refractivity contribution in [1.82, 2.24) is 0 Å². The molecule has 0 aliphatic heterocycles. The number of aryl methyl sites for hydroxylation is 2. The van der Waals surface area contributed by atoms with Crippen molar-refractivity contribution >= 4 is 11.3 Å². The molecule has 1 unspecified atom stereocenters. The van der Waals surface area contributed by atoms with Crippen LogP contribution in [0.25, 0.3) is 0 Å². The van der Waals surface area contributed by atoms with Crippen LogP contribution in [0.1, 0.15) is 27.8 Å². The molecule has 0 radical (unpaired) electrons. The Morgan fingerprint density at radius 1 is 1.18 bits per heavy atom. The Balaban J connectivity index is 2.47. The van der Waals surface area contributed by atoms with Crippen molar-refractivity contribution in [1.29, 1.82) is 0 Å². The molecule has 0 saturated heterocycles. The molecular weight excluding hydrogens is 235 g/mol. The summed E-state index contributed by atoms with van der Waals surface area (Å²) in [5.41, 5.74) is 0.0439. The van der Waals surface area contributed by atoms with E-state index in [-0.39, 0.29) is 5.82 Å². The molecule has 2 rings (SSSR count). The van der Waals surface area contributed by atoms with Crippen molar-refractivity contribution in [2.75, 3.05) is 0 Å². The molecule has 90 valence electrons. The fraction of sp³-hybridized carbons (Fsp3) is 0.286. The lowest BCUT2D eigenvalue weighted by atomic mass is 9.93. The first kappa shape index (κ1) is 12.3. The minimum atomic E-state index is -1.13. The van der Waals surface area contributed by atoms with E-state index in [1.54, 1.807) is 26.0 Å². The summed E-state index contributed by atoms with van der Waals surface area (Å²) in [7, 11) is 0. The van der Waals surface area contributed by atoms with Crippen LogP contribution in [0.15, 0.2) is 30.3 Å². The zero-order valence-corrected chi connectivity index (χ0v) is 10.9. The summed E-state index contributed by atoms with van der Waals surface area (Å²) < 4.78 is 13.5. The fourth-order valence-electron chi connectivity index (χ4n) is 1.73. The van der Waals surface area contributed by atoms with E-state index >= 15 is 0 Å². The third-order valence-electron chi connectivity index (χ3n) is 2.95. The molecule has 0 aliphatic carbocycles. The van der Waals surface area contributed by atoms with Crippen molar-refractivity contribution in [3.8, 4) is 0 Å². The Labute approximate surface area is 105 Å². The van der Waals surface area contributed by atoms with Gasteiger partial charge in [0.15, 0.2) is 0 Å². The monoisotopic (exact) mass is 250 g/mol. The predicted octanol–water partition coefficient (Wildman–Crippen LogP) is 3.76. The SMILES string of the molecule is Cc1ccc(C(C)(O)c2ccc(C)c(F)c2)s1. The molecule has 17 heavy (non-hydrogen) atoms. The average molecular weight is 250 g/mol. The van der Waals surface area contributed by atoms with E-state index in [1.165, 1.54) is 17.4 Å². The Hall–Kier alpha value is -1.19. The highest BCUT2D eigenvalue weighted by Gasteiger charge is 2.27. The standard InChI is InChI=1S/C14H15FOS/c1-9-4-6-11(8-12(9)15)14(3,16)13-7-5-10(2)17-13/h4-8,16H,1-3H3. The van der Waals surface area contributed by atoms with Crippen molar-refractivity contribution < 1.29 is 9.50 Å². The number of benzene rings is 1. The fourth-order valence-corrected chi connectivity index (χ4v) is 2.67. The average Bonchev–Trinajstić information content (AvgIpc) is 2.69. The second kappa shape index (κ2) is 4.24. The zero-order chi connectivity index (χ0) is 12.6. The summed E-state index contributed by atoms with van der Waals surface area (Å²) in [6.07, 6.45) is 0. The van der Waals surface area contributed by atoms with Gasteiger partial charge in [-0.05, 0) is 50.1 Å². The minimum Gasteiger partial charge on any atom is -0.380 e. The van der Waals surface area contributed by atoms with Gasteiger partial charge in [-0.3, -0.25) is 0 Å². The van der Waals surface area contributed by atoms with E-state index in [1.807, 2.05) is 19.1 Å². The van der Waals surface area contributed by atoms with Crippen molar-refractivity contribution in [3.63, 3.8) is 0 Å². The quantitative estimate of drug-likeness (QED) is 0.860. The highest BCUT2D eigenvalue weighted by atomic mass is 32.1. The molecule has 2 aromatic rings. The van der Waals surface area contributed by atoms with Crippen LogP contribution >= 0.6 is 11.3 Å². The third kappa shape index (κ3) is 2.26. The molecule has 0 amide bonds. The number of halogens is 1. The molecule has 0 spiro atoms. The Morgan fingerprint density at radius 2 is 1.88 bits per heavy atom. The zero-order valence-electron chi connectivity index (χ0n) is 10.1. The molecule has 1 atom stereocenters. The van der Waals surface area contributed by atoms with Gasteiger partial charge in [0.2, 0.25) is 0 Å². The first-order valence-electron chi connectivity index (χ1n) is 5.47. The first-order valence-corrected chi connectivity index (χ1v) is 6.29. The summed E-state index contributed by atoms with van der Waals surface area (Å²) in [6, 6.07) is 8.72. The Morgan fingerprint density at radius 3 is 2.41 bits per heavy atom. The maximum absolute atomic E-state index is 13.5. The van der Waals surface area contributed by atoms with Gasteiger partial charge >= 0.3 is 0 Å². The Kier molecular flexibility index (Phi) is 3.06. The topological polar surface area (TPSA) is 20.2 Å². The normalized spacial score (nSPS) is 14.6. The Bertz CT molecular complexity index is 543. The van der Waals surface area contributed by atoms with Gasteiger partial charge in [-0.2, -0.15) is 0 Å². The first-order chi connectivity index (χ1) is 7.91. The molecule has 1 N–H and O–H groups in total. The molecule has 1 aromatic carbocycles. The second-order valence-corrected chi connectivity index (χ2v) is 5.73. The predicted molar refractivity (Wildman–Crippen MR) is 68.9 cm³/mol. The lowest BCUT2D eigenvalue weighted by molar-refractivity contribution is 0.106. The number of hydrogen-bond acceptors (Lipinski definition) is 2. The van der Waals surface area contributed by atoms with Gasteiger partial charge in [0, 0.05) is 9.75 Å². The molecule has 1 aromatic heterocycles. The third-order valence-corrected chi connectivity index (χ3v) is 4.17. The summed E-state index contributed by atoms with van der Waals surface area (Å²) in [4.78, 5) is 1.96. The van der Waals surface area contributed by atoms with Gasteiger partial charge in [-0.1, -0.05) is 12.1 Å². The van der Waals surface area contributed by atoms with Crippen molar-refractivity contribution in [2.24, 2.45) is 0 Å². The van der Waals surface area contributed by atoms with Crippen LogP contribution in [0.2, 0.25) is 0 Å². The van der Waals surface area contributed by atoms with E-state index in [0.717, 1.165) is 9.75 Å². The van der Waals surface area contributed by atoms with Gasteiger partial charge in [0.25, 0.3) is 0 Å². The van der Waals surface area contributed by atoms with Crippen LogP contribution in [0.4, 0.5) is 4.39 Å². The van der Waals surface area contributed by atoms with Gasteiger partial charge in [0.05, 0.1) is 0 Å². The molecule has 0 saturated carbocycles. The molecule has 0 bridgehead atoms. The van der Waals surface area contributed by atoms with Crippen molar-refractivity contribution in [2.45, 2.75) is 26.4 Å². The van der Waals surface area contributed by atoms with Crippen LogP contribution in [0.3, 0.4) is 0 Å². The highest BCUT2D eigenvalue weighted by Crippen LogP contribution is 2.34. The highest BCUT2D eigenvalue weighted by molar-refractivity contribution is 7.12. The van der Waals surface area contributed by atoms with Crippen LogP contribution in [-0.2, 0) is 5.60 Å². The molecule has 0 aliphatic rings. The van der Waals surface area contributed by atoms with E-state index in [2.05, 4.69) is 0 Å². The number of thiophene rings is 1. The number of rotatable bonds is 2. The summed E-state index contributed by atoms with van der Waals surface area (Å²) in [6.45, 7) is 5.39. The summed E-state index contributed by atoms with van der Waals surface area (Å²) in [5, 5.41) is 10.5. The smallest absolute Gasteiger partial charge is 0.126 e. The van der Waals surface area contributed by atoms with Gasteiger partial charge in [-0.25, -0.2) is 4.39 Å². The number of hydrogen-bond donors (Lipinski definition) is 1. The van der Waals surface area contributed by atoms with E-state index in [0.29, 0.717) is 11.1 Å². The maximum atomic E-state index is 13.5. The van der Waals surface area contributed by atoms with Crippen LogP contribution in [-0.4, -0.2) is 5.11 Å². The van der Waals surface area contributed by atoms with E-state index in [4.69, 9.17) is 0 Å².